The van der Waals surface area contributed by atoms with E-state index in [9.17, 15) is 4.79 Å². The van der Waals surface area contributed by atoms with Crippen LogP contribution in [-0.2, 0) is 9.53 Å². The van der Waals surface area contributed by atoms with E-state index in [4.69, 9.17) is 9.84 Å². The first-order valence-electron chi connectivity index (χ1n) is 3.27. The van der Waals surface area contributed by atoms with Crippen molar-refractivity contribution in [2.24, 2.45) is 0 Å². The molecule has 1 fully saturated rings. The first-order valence-corrected chi connectivity index (χ1v) is 3.27. The summed E-state index contributed by atoms with van der Waals surface area (Å²) in [7, 11) is 0. The number of aliphatic hydroxyl groups excluding tert-OH is 1. The zero-order valence-corrected chi connectivity index (χ0v) is 7.06. The predicted molar refractivity (Wildman–Crippen MR) is 41.4 cm³/mol. The molecule has 0 amide bonds. The monoisotopic (exact) mass is 181 g/mol. The Morgan fingerprint density at radius 3 is 2.73 bits per heavy atom. The lowest BCUT2D eigenvalue weighted by Gasteiger charge is -2.08. The molecule has 0 unspecified atom stereocenters. The number of esters is 1. The molecule has 1 heterocycles. The van der Waals surface area contributed by atoms with E-state index in [0.29, 0.717) is 13.0 Å². The third kappa shape index (κ3) is 3.55. The summed E-state index contributed by atoms with van der Waals surface area (Å²) in [5.74, 6) is -0.313. The molecule has 1 rings (SSSR count). The predicted octanol–water partition coefficient (Wildman–Crippen LogP) is -0.348. The number of nitrogens with one attached hydrogen (secondary N) is 1. The summed E-state index contributed by atoms with van der Waals surface area (Å²) in [6.07, 6.45) is -0.156. The summed E-state index contributed by atoms with van der Waals surface area (Å²) in [6, 6.07) is 0. The highest BCUT2D eigenvalue weighted by atomic mass is 35.5. The quantitative estimate of drug-likeness (QED) is 0.543. The lowest BCUT2D eigenvalue weighted by Crippen LogP contribution is -2.26. The number of carbonyl (C=O) groups is 1. The molecule has 0 aromatic rings. The van der Waals surface area contributed by atoms with Gasteiger partial charge in [-0.3, -0.25) is 10.1 Å². The van der Waals surface area contributed by atoms with E-state index in [1.54, 1.807) is 0 Å². The molecule has 66 valence electrons. The van der Waals surface area contributed by atoms with Gasteiger partial charge in [0.05, 0.1) is 6.10 Å². The van der Waals surface area contributed by atoms with Gasteiger partial charge < -0.3 is 9.84 Å². The van der Waals surface area contributed by atoms with Crippen LogP contribution in [0.15, 0.2) is 0 Å². The van der Waals surface area contributed by atoms with Crippen molar-refractivity contribution in [3.63, 3.8) is 0 Å². The smallest absolute Gasteiger partial charge is 0.304 e. The average molecular weight is 182 g/mol. The Hall–Kier alpha value is -0.320. The summed E-state index contributed by atoms with van der Waals surface area (Å²) in [4.78, 5) is 10.4. The minimum absolute atomic E-state index is 0. The molecule has 0 radical (unpaired) electrons. The molecule has 0 spiro atoms. The first-order chi connectivity index (χ1) is 4.68. The Morgan fingerprint density at radius 2 is 2.36 bits per heavy atom. The number of halogens is 1. The molecular weight excluding hydrogens is 170 g/mol. The van der Waals surface area contributed by atoms with Crippen LogP contribution in [0.5, 0.6) is 0 Å². The van der Waals surface area contributed by atoms with Crippen molar-refractivity contribution in [1.29, 1.82) is 0 Å². The van der Waals surface area contributed by atoms with Crippen LogP contribution in [0.1, 0.15) is 13.3 Å². The fourth-order valence-electron chi connectivity index (χ4n) is 0.971. The summed E-state index contributed by atoms with van der Waals surface area (Å²) in [6.45, 7) is 1.87. The second-order valence-electron chi connectivity index (χ2n) is 2.40. The molecule has 0 saturated carbocycles. The van der Waals surface area contributed by atoms with Crippen LogP contribution in [0.25, 0.3) is 0 Å². The van der Waals surface area contributed by atoms with Crippen molar-refractivity contribution < 1.29 is 14.6 Å². The van der Waals surface area contributed by atoms with Gasteiger partial charge in [0.1, 0.15) is 0 Å². The topological polar surface area (TPSA) is 58.6 Å². The molecule has 2 atom stereocenters. The van der Waals surface area contributed by atoms with Gasteiger partial charge in [-0.15, -0.1) is 12.4 Å². The second kappa shape index (κ2) is 4.54. The Labute approximate surface area is 71.3 Å². The Bertz CT molecular complexity index is 142. The minimum Gasteiger partial charge on any atom is -0.447 e. The van der Waals surface area contributed by atoms with Crippen LogP contribution in [-0.4, -0.2) is 30.0 Å². The molecule has 1 saturated heterocycles. The van der Waals surface area contributed by atoms with Gasteiger partial charge in [0.2, 0.25) is 0 Å². The van der Waals surface area contributed by atoms with Gasteiger partial charge in [0.25, 0.3) is 0 Å². The maximum atomic E-state index is 10.4. The van der Waals surface area contributed by atoms with E-state index in [2.05, 4.69) is 5.32 Å². The van der Waals surface area contributed by atoms with Crippen LogP contribution >= 0.6 is 12.4 Å². The van der Waals surface area contributed by atoms with Crippen molar-refractivity contribution in [1.82, 2.24) is 5.32 Å². The summed E-state index contributed by atoms with van der Waals surface area (Å²) in [5.41, 5.74) is 0. The number of hydrogen-bond donors (Lipinski definition) is 2. The first kappa shape index (κ1) is 10.7. The molecule has 0 bridgehead atoms. The van der Waals surface area contributed by atoms with E-state index in [1.165, 1.54) is 6.92 Å². The van der Waals surface area contributed by atoms with Gasteiger partial charge in [0, 0.05) is 19.9 Å². The van der Waals surface area contributed by atoms with E-state index in [0.717, 1.165) is 0 Å². The van der Waals surface area contributed by atoms with Crippen LogP contribution in [0.4, 0.5) is 0 Å². The Kier molecular flexibility index (Phi) is 4.40. The SMILES string of the molecule is CC(=O)O[C@@H]1C[C@@H](O)CN1.Cl. The highest BCUT2D eigenvalue weighted by Crippen LogP contribution is 2.06. The lowest BCUT2D eigenvalue weighted by molar-refractivity contribution is -0.147. The minimum atomic E-state index is -0.371. The van der Waals surface area contributed by atoms with Crippen LogP contribution in [0.2, 0.25) is 0 Å². The van der Waals surface area contributed by atoms with E-state index in [1.807, 2.05) is 0 Å². The van der Waals surface area contributed by atoms with Crippen molar-refractivity contribution in [2.75, 3.05) is 6.54 Å². The van der Waals surface area contributed by atoms with E-state index in [-0.39, 0.29) is 30.7 Å². The summed E-state index contributed by atoms with van der Waals surface area (Å²) in [5, 5.41) is 11.8. The van der Waals surface area contributed by atoms with Crippen LogP contribution in [0.3, 0.4) is 0 Å². The molecule has 4 nitrogen and oxygen atoms in total. The van der Waals surface area contributed by atoms with Gasteiger partial charge in [0.15, 0.2) is 6.23 Å². The maximum Gasteiger partial charge on any atom is 0.304 e. The number of hydrogen-bond acceptors (Lipinski definition) is 4. The zero-order chi connectivity index (χ0) is 7.56. The standard InChI is InChI=1S/C6H11NO3.ClH/c1-4(8)10-6-2-5(9)3-7-6;/h5-7,9H,2-3H2,1H3;1H/t5-,6-;/m1./s1. The molecule has 11 heavy (non-hydrogen) atoms. The number of aliphatic hydroxyl groups is 1. The average Bonchev–Trinajstić information content (AvgIpc) is 2.13. The van der Waals surface area contributed by atoms with Gasteiger partial charge >= 0.3 is 5.97 Å². The van der Waals surface area contributed by atoms with Crippen LogP contribution in [0, 0.1) is 0 Å². The molecule has 2 N–H and O–H groups in total. The van der Waals surface area contributed by atoms with Crippen LogP contribution < -0.4 is 5.32 Å². The highest BCUT2D eigenvalue weighted by Gasteiger charge is 2.23. The summed E-state index contributed by atoms with van der Waals surface area (Å²) >= 11 is 0. The fourth-order valence-corrected chi connectivity index (χ4v) is 0.971. The number of carbonyl (C=O) groups excluding carboxylic acids is 1. The molecule has 5 heteroatoms. The van der Waals surface area contributed by atoms with Crippen molar-refractivity contribution >= 4 is 18.4 Å². The Morgan fingerprint density at radius 1 is 1.73 bits per heavy atom. The zero-order valence-electron chi connectivity index (χ0n) is 6.24. The molecule has 0 aromatic heterocycles. The number of rotatable bonds is 1. The normalized spacial score (nSPS) is 29.3. The fraction of sp³-hybridized carbons (Fsp3) is 0.833. The second-order valence-corrected chi connectivity index (χ2v) is 2.40. The summed E-state index contributed by atoms with van der Waals surface area (Å²) < 4.78 is 4.77. The molecule has 1 aliphatic heterocycles. The van der Waals surface area contributed by atoms with Crippen molar-refractivity contribution in [3.05, 3.63) is 0 Å². The van der Waals surface area contributed by atoms with Gasteiger partial charge in [-0.1, -0.05) is 0 Å². The van der Waals surface area contributed by atoms with Gasteiger partial charge in [-0.2, -0.15) is 0 Å². The van der Waals surface area contributed by atoms with Gasteiger partial charge in [-0.05, 0) is 0 Å². The molecule has 0 aliphatic carbocycles. The largest absolute Gasteiger partial charge is 0.447 e. The number of β-amino-alcohol motifs (C(OH)–C–C–N with tert-alkyl or cyclic N) is 1. The maximum absolute atomic E-state index is 10.4. The lowest BCUT2D eigenvalue weighted by atomic mass is 10.3. The van der Waals surface area contributed by atoms with Gasteiger partial charge in [-0.25, -0.2) is 0 Å². The molecular formula is C6H12ClNO3. The van der Waals surface area contributed by atoms with E-state index >= 15 is 0 Å². The third-order valence-corrected chi connectivity index (χ3v) is 1.38. The number of ether oxygens (including phenoxy) is 1. The third-order valence-electron chi connectivity index (χ3n) is 1.38. The Balaban J connectivity index is 0.000001000. The molecule has 0 aromatic carbocycles. The van der Waals surface area contributed by atoms with Crippen molar-refractivity contribution in [2.45, 2.75) is 25.7 Å². The van der Waals surface area contributed by atoms with E-state index < -0.39 is 0 Å². The molecule has 1 aliphatic rings. The van der Waals surface area contributed by atoms with Crippen molar-refractivity contribution in [3.8, 4) is 0 Å². The highest BCUT2D eigenvalue weighted by molar-refractivity contribution is 5.85.